The number of anilines is 1. The van der Waals surface area contributed by atoms with Gasteiger partial charge in [0.2, 0.25) is 0 Å². The lowest BCUT2D eigenvalue weighted by atomic mass is 9.95. The topological polar surface area (TPSA) is 76.7 Å². The summed E-state index contributed by atoms with van der Waals surface area (Å²) >= 11 is 0. The molecular weight excluding hydrogens is 339 g/mol. The van der Waals surface area contributed by atoms with Gasteiger partial charge in [-0.15, -0.1) is 0 Å². The first-order valence-corrected chi connectivity index (χ1v) is 7.93. The predicted octanol–water partition coefficient (Wildman–Crippen LogP) is 2.45. The lowest BCUT2D eigenvalue weighted by molar-refractivity contribution is -0.137. The van der Waals surface area contributed by atoms with Crippen LogP contribution in [0, 0.1) is 5.82 Å². The fourth-order valence-corrected chi connectivity index (χ4v) is 2.36. The average molecular weight is 360 g/mol. The van der Waals surface area contributed by atoms with Crippen LogP contribution in [-0.2, 0) is 19.9 Å². The number of nitrogens with one attached hydrogen (secondary N) is 2. The van der Waals surface area contributed by atoms with Crippen LogP contribution < -0.4 is 15.4 Å². The molecule has 2 amide bonds. The van der Waals surface area contributed by atoms with Crippen molar-refractivity contribution in [3.05, 3.63) is 59.9 Å². The minimum Gasteiger partial charge on any atom is -0.497 e. The molecule has 0 aliphatic carbocycles. The van der Waals surface area contributed by atoms with Crippen molar-refractivity contribution in [2.45, 2.75) is 12.5 Å². The van der Waals surface area contributed by atoms with Gasteiger partial charge in [-0.3, -0.25) is 9.59 Å². The van der Waals surface area contributed by atoms with Crippen molar-refractivity contribution in [3.63, 3.8) is 0 Å². The standard InChI is InChI=1S/C19H21FN2O4/c1-19(26-3,15-6-4-5-7-16(15)20)12-21-17(23)18(24)22-13-8-10-14(25-2)11-9-13/h4-11H,12H2,1-3H3,(H,21,23)(H,22,24). The van der Waals surface area contributed by atoms with Crippen molar-refractivity contribution in [3.8, 4) is 5.75 Å². The molecule has 26 heavy (non-hydrogen) atoms. The van der Waals surface area contributed by atoms with E-state index in [0.717, 1.165) is 0 Å². The Morgan fingerprint density at radius 2 is 1.69 bits per heavy atom. The highest BCUT2D eigenvalue weighted by Gasteiger charge is 2.30. The molecule has 7 heteroatoms. The Morgan fingerprint density at radius 3 is 2.27 bits per heavy atom. The number of ether oxygens (including phenoxy) is 2. The van der Waals surface area contributed by atoms with Crippen LogP contribution in [0.4, 0.5) is 10.1 Å². The summed E-state index contributed by atoms with van der Waals surface area (Å²) in [5.41, 5.74) is -0.366. The van der Waals surface area contributed by atoms with Gasteiger partial charge in [0.15, 0.2) is 0 Å². The highest BCUT2D eigenvalue weighted by Crippen LogP contribution is 2.26. The molecule has 1 atom stereocenters. The minimum absolute atomic E-state index is 0.0701. The number of carbonyl (C=O) groups is 2. The van der Waals surface area contributed by atoms with E-state index in [9.17, 15) is 14.0 Å². The molecule has 2 aromatic rings. The first-order chi connectivity index (χ1) is 12.4. The summed E-state index contributed by atoms with van der Waals surface area (Å²) in [5.74, 6) is -1.50. The fraction of sp³-hybridized carbons (Fsp3) is 0.263. The van der Waals surface area contributed by atoms with E-state index in [2.05, 4.69) is 10.6 Å². The van der Waals surface area contributed by atoms with Gasteiger partial charge in [0, 0.05) is 18.4 Å². The largest absolute Gasteiger partial charge is 0.497 e. The molecule has 0 saturated carbocycles. The molecule has 0 aliphatic heterocycles. The van der Waals surface area contributed by atoms with Gasteiger partial charge in [0.05, 0.1) is 13.7 Å². The lowest BCUT2D eigenvalue weighted by Crippen LogP contribution is -2.44. The molecule has 1 unspecified atom stereocenters. The summed E-state index contributed by atoms with van der Waals surface area (Å²) in [6.07, 6.45) is 0. The van der Waals surface area contributed by atoms with Gasteiger partial charge in [-0.05, 0) is 37.3 Å². The summed E-state index contributed by atoms with van der Waals surface area (Å²) in [6, 6.07) is 12.7. The van der Waals surface area contributed by atoms with Crippen LogP contribution in [0.1, 0.15) is 12.5 Å². The van der Waals surface area contributed by atoms with E-state index in [1.54, 1.807) is 49.4 Å². The second-order valence-corrected chi connectivity index (χ2v) is 5.78. The number of methoxy groups -OCH3 is 2. The van der Waals surface area contributed by atoms with E-state index >= 15 is 0 Å². The average Bonchev–Trinajstić information content (AvgIpc) is 2.66. The second-order valence-electron chi connectivity index (χ2n) is 5.78. The Kier molecular flexibility index (Phi) is 6.30. The summed E-state index contributed by atoms with van der Waals surface area (Å²) in [4.78, 5) is 24.1. The first-order valence-electron chi connectivity index (χ1n) is 7.93. The Labute approximate surface area is 151 Å². The van der Waals surface area contributed by atoms with Gasteiger partial charge in [0.1, 0.15) is 17.2 Å². The van der Waals surface area contributed by atoms with Gasteiger partial charge >= 0.3 is 11.8 Å². The number of benzene rings is 2. The summed E-state index contributed by atoms with van der Waals surface area (Å²) in [7, 11) is 2.94. The van der Waals surface area contributed by atoms with Gasteiger partial charge in [-0.1, -0.05) is 18.2 Å². The first kappa shape index (κ1) is 19.4. The molecule has 0 fully saturated rings. The van der Waals surface area contributed by atoms with Gasteiger partial charge in [0.25, 0.3) is 0 Å². The zero-order chi connectivity index (χ0) is 19.2. The van der Waals surface area contributed by atoms with Crippen molar-refractivity contribution in [2.75, 3.05) is 26.1 Å². The van der Waals surface area contributed by atoms with E-state index in [1.807, 2.05) is 0 Å². The Balaban J connectivity index is 1.99. The van der Waals surface area contributed by atoms with Crippen molar-refractivity contribution in [1.29, 1.82) is 0 Å². The molecule has 138 valence electrons. The van der Waals surface area contributed by atoms with Gasteiger partial charge in [-0.25, -0.2) is 4.39 Å². The highest BCUT2D eigenvalue weighted by atomic mass is 19.1. The Morgan fingerprint density at radius 1 is 1.04 bits per heavy atom. The van der Waals surface area contributed by atoms with E-state index in [1.165, 1.54) is 20.3 Å². The third kappa shape index (κ3) is 4.58. The molecular formula is C19H21FN2O4. The summed E-state index contributed by atoms with van der Waals surface area (Å²) < 4.78 is 24.4. The molecule has 6 nitrogen and oxygen atoms in total. The molecule has 0 aliphatic rings. The van der Waals surface area contributed by atoms with Crippen molar-refractivity contribution < 1.29 is 23.5 Å². The van der Waals surface area contributed by atoms with Crippen LogP contribution in [0.3, 0.4) is 0 Å². The number of rotatable bonds is 6. The second kappa shape index (κ2) is 8.44. The van der Waals surface area contributed by atoms with Gasteiger partial charge in [-0.2, -0.15) is 0 Å². The number of amides is 2. The SMILES string of the molecule is COc1ccc(NC(=O)C(=O)NCC(C)(OC)c2ccccc2F)cc1. The zero-order valence-corrected chi connectivity index (χ0v) is 14.8. The molecule has 0 saturated heterocycles. The molecule has 2 aromatic carbocycles. The van der Waals surface area contributed by atoms with Gasteiger partial charge < -0.3 is 20.1 Å². The Bertz CT molecular complexity index is 779. The number of halogens is 1. The highest BCUT2D eigenvalue weighted by molar-refractivity contribution is 6.39. The molecule has 0 heterocycles. The zero-order valence-electron chi connectivity index (χ0n) is 14.8. The maximum absolute atomic E-state index is 14.0. The summed E-state index contributed by atoms with van der Waals surface area (Å²) in [6.45, 7) is 1.56. The summed E-state index contributed by atoms with van der Waals surface area (Å²) in [5, 5.41) is 4.95. The lowest BCUT2D eigenvalue weighted by Gasteiger charge is -2.29. The fourth-order valence-electron chi connectivity index (χ4n) is 2.36. The van der Waals surface area contributed by atoms with Crippen molar-refractivity contribution in [1.82, 2.24) is 5.32 Å². The van der Waals surface area contributed by atoms with E-state index < -0.39 is 23.2 Å². The molecule has 2 rings (SSSR count). The van der Waals surface area contributed by atoms with Crippen LogP contribution in [0.2, 0.25) is 0 Å². The third-order valence-electron chi connectivity index (χ3n) is 4.03. The van der Waals surface area contributed by atoms with Crippen molar-refractivity contribution >= 4 is 17.5 Å². The predicted molar refractivity (Wildman–Crippen MR) is 95.4 cm³/mol. The minimum atomic E-state index is -1.11. The van der Waals surface area contributed by atoms with Crippen LogP contribution in [0.5, 0.6) is 5.75 Å². The smallest absolute Gasteiger partial charge is 0.313 e. The molecule has 0 aromatic heterocycles. The molecule has 0 spiro atoms. The van der Waals surface area contributed by atoms with E-state index in [-0.39, 0.29) is 6.54 Å². The van der Waals surface area contributed by atoms with E-state index in [0.29, 0.717) is 17.0 Å². The maximum Gasteiger partial charge on any atom is 0.313 e. The van der Waals surface area contributed by atoms with Crippen LogP contribution in [0.25, 0.3) is 0 Å². The maximum atomic E-state index is 14.0. The number of hydrogen-bond acceptors (Lipinski definition) is 4. The van der Waals surface area contributed by atoms with Crippen LogP contribution in [-0.4, -0.2) is 32.6 Å². The number of carbonyl (C=O) groups excluding carboxylic acids is 2. The monoisotopic (exact) mass is 360 g/mol. The molecule has 0 bridgehead atoms. The number of hydrogen-bond donors (Lipinski definition) is 2. The van der Waals surface area contributed by atoms with Crippen LogP contribution >= 0.6 is 0 Å². The normalized spacial score (nSPS) is 12.8. The van der Waals surface area contributed by atoms with Crippen LogP contribution in [0.15, 0.2) is 48.5 Å². The molecule has 2 N–H and O–H groups in total. The Hall–Kier alpha value is -2.93. The molecule has 0 radical (unpaired) electrons. The van der Waals surface area contributed by atoms with Crippen molar-refractivity contribution in [2.24, 2.45) is 0 Å². The van der Waals surface area contributed by atoms with E-state index in [4.69, 9.17) is 9.47 Å². The third-order valence-corrected chi connectivity index (χ3v) is 4.03. The quantitative estimate of drug-likeness (QED) is 0.776.